The van der Waals surface area contributed by atoms with Crippen LogP contribution >= 0.6 is 0 Å². The highest BCUT2D eigenvalue weighted by molar-refractivity contribution is 5.93. The molecule has 2 aromatic carbocycles. The molecule has 1 atom stereocenters. The first kappa shape index (κ1) is 17.4. The summed E-state index contributed by atoms with van der Waals surface area (Å²) >= 11 is 0. The van der Waals surface area contributed by atoms with E-state index in [1.54, 1.807) is 21.1 Å². The van der Waals surface area contributed by atoms with E-state index in [0.29, 0.717) is 17.9 Å². The van der Waals surface area contributed by atoms with Gasteiger partial charge in [0.15, 0.2) is 11.5 Å². The second-order valence-corrected chi connectivity index (χ2v) is 5.21. The Morgan fingerprint density at radius 2 is 1.79 bits per heavy atom. The zero-order valence-electron chi connectivity index (χ0n) is 14.1. The monoisotopic (exact) mass is 323 g/mol. The van der Waals surface area contributed by atoms with E-state index in [4.69, 9.17) is 9.47 Å². The molecular weight excluding hydrogens is 302 g/mol. The molecule has 0 radical (unpaired) electrons. The number of benzene rings is 2. The molecule has 0 aliphatic rings. The Morgan fingerprint density at radius 1 is 1.08 bits per heavy atom. The molecule has 1 N–H and O–H groups in total. The highest BCUT2D eigenvalue weighted by Gasteiger charge is 2.15. The van der Waals surface area contributed by atoms with Gasteiger partial charge in [-0.1, -0.05) is 42.3 Å². The van der Waals surface area contributed by atoms with E-state index in [1.807, 2.05) is 48.5 Å². The van der Waals surface area contributed by atoms with Gasteiger partial charge in [0.25, 0.3) is 5.91 Å². The van der Waals surface area contributed by atoms with Gasteiger partial charge in [-0.15, -0.1) is 0 Å². The molecule has 1 amide bonds. The molecule has 2 aromatic rings. The summed E-state index contributed by atoms with van der Waals surface area (Å²) < 4.78 is 10.6. The number of rotatable bonds is 6. The maximum absolute atomic E-state index is 11.9. The van der Waals surface area contributed by atoms with Gasteiger partial charge in [-0.3, -0.25) is 4.79 Å². The summed E-state index contributed by atoms with van der Waals surface area (Å²) in [5.41, 5.74) is 2.06. The lowest BCUT2D eigenvalue weighted by molar-refractivity contribution is -0.116. The Morgan fingerprint density at radius 3 is 2.42 bits per heavy atom. The van der Waals surface area contributed by atoms with Crippen molar-refractivity contribution in [2.24, 2.45) is 0 Å². The summed E-state index contributed by atoms with van der Waals surface area (Å²) in [6.45, 7) is 1.64. The van der Waals surface area contributed by atoms with Crippen LogP contribution in [0, 0.1) is 11.8 Å². The van der Waals surface area contributed by atoms with E-state index >= 15 is 0 Å². The van der Waals surface area contributed by atoms with Crippen molar-refractivity contribution in [2.75, 3.05) is 14.2 Å². The molecule has 0 saturated heterocycles. The van der Waals surface area contributed by atoms with Crippen LogP contribution in [0.1, 0.15) is 24.1 Å². The molecule has 0 aliphatic carbocycles. The maximum Gasteiger partial charge on any atom is 0.296 e. The van der Waals surface area contributed by atoms with Crippen molar-refractivity contribution in [3.63, 3.8) is 0 Å². The predicted molar refractivity (Wildman–Crippen MR) is 94.0 cm³/mol. The average molecular weight is 323 g/mol. The predicted octanol–water partition coefficient (Wildman–Crippen LogP) is 3.13. The van der Waals surface area contributed by atoms with Gasteiger partial charge >= 0.3 is 0 Å². The number of amides is 1. The van der Waals surface area contributed by atoms with Crippen molar-refractivity contribution in [3.05, 3.63) is 59.7 Å². The minimum absolute atomic E-state index is 0.169. The SMILES string of the molecule is CC#CC(=O)N[C@H](Cc1ccc(OC)c(OC)c1)c1ccccc1. The van der Waals surface area contributed by atoms with E-state index in [2.05, 4.69) is 17.2 Å². The minimum Gasteiger partial charge on any atom is -0.493 e. The first-order valence-electron chi connectivity index (χ1n) is 7.67. The van der Waals surface area contributed by atoms with E-state index in [1.165, 1.54) is 0 Å². The lowest BCUT2D eigenvalue weighted by Gasteiger charge is -2.19. The number of ether oxygens (including phenoxy) is 2. The summed E-state index contributed by atoms with van der Waals surface area (Å²) in [4.78, 5) is 11.9. The van der Waals surface area contributed by atoms with Crippen LogP contribution in [0.25, 0.3) is 0 Å². The molecule has 0 fully saturated rings. The lowest BCUT2D eigenvalue weighted by Crippen LogP contribution is -2.28. The van der Waals surface area contributed by atoms with Gasteiger partial charge in [0.1, 0.15) is 0 Å². The van der Waals surface area contributed by atoms with Crippen molar-refractivity contribution >= 4 is 5.91 Å². The minimum atomic E-state index is -0.285. The summed E-state index contributed by atoms with van der Waals surface area (Å²) in [5, 5.41) is 2.96. The molecule has 4 nitrogen and oxygen atoms in total. The standard InChI is InChI=1S/C20H21NO3/c1-4-8-20(22)21-17(16-9-6-5-7-10-16)13-15-11-12-18(23-2)19(14-15)24-3/h5-7,9-12,14,17H,13H2,1-3H3,(H,21,22)/t17-/m1/s1. The number of methoxy groups -OCH3 is 2. The molecule has 0 heterocycles. The fourth-order valence-electron chi connectivity index (χ4n) is 2.49. The second-order valence-electron chi connectivity index (χ2n) is 5.21. The summed E-state index contributed by atoms with van der Waals surface area (Å²) in [6, 6.07) is 15.4. The maximum atomic E-state index is 11.9. The van der Waals surface area contributed by atoms with Crippen LogP contribution in [0.4, 0.5) is 0 Å². The van der Waals surface area contributed by atoms with Gasteiger partial charge in [0, 0.05) is 0 Å². The number of carbonyl (C=O) groups excluding carboxylic acids is 1. The van der Waals surface area contributed by atoms with Crippen LogP contribution in [-0.4, -0.2) is 20.1 Å². The van der Waals surface area contributed by atoms with Gasteiger partial charge in [0.2, 0.25) is 0 Å². The van der Waals surface area contributed by atoms with Crippen LogP contribution < -0.4 is 14.8 Å². The van der Waals surface area contributed by atoms with E-state index in [0.717, 1.165) is 11.1 Å². The zero-order chi connectivity index (χ0) is 17.4. The largest absolute Gasteiger partial charge is 0.493 e. The lowest BCUT2D eigenvalue weighted by atomic mass is 9.98. The van der Waals surface area contributed by atoms with Gasteiger partial charge in [-0.2, -0.15) is 0 Å². The molecule has 0 bridgehead atoms. The van der Waals surface area contributed by atoms with Crippen molar-refractivity contribution in [1.82, 2.24) is 5.32 Å². The van der Waals surface area contributed by atoms with Crippen molar-refractivity contribution in [1.29, 1.82) is 0 Å². The normalized spacial score (nSPS) is 11.0. The molecule has 0 saturated carbocycles. The van der Waals surface area contributed by atoms with Crippen molar-refractivity contribution in [3.8, 4) is 23.3 Å². The molecule has 4 heteroatoms. The molecule has 0 spiro atoms. The van der Waals surface area contributed by atoms with Gasteiger partial charge < -0.3 is 14.8 Å². The van der Waals surface area contributed by atoms with Crippen LogP contribution in [0.15, 0.2) is 48.5 Å². The Labute approximate surface area is 142 Å². The van der Waals surface area contributed by atoms with E-state index < -0.39 is 0 Å². The highest BCUT2D eigenvalue weighted by atomic mass is 16.5. The first-order valence-corrected chi connectivity index (χ1v) is 7.67. The molecule has 124 valence electrons. The third-order valence-corrected chi connectivity index (χ3v) is 3.63. The van der Waals surface area contributed by atoms with Crippen LogP contribution in [0.3, 0.4) is 0 Å². The number of nitrogens with one attached hydrogen (secondary N) is 1. The Balaban J connectivity index is 2.27. The van der Waals surface area contributed by atoms with E-state index in [9.17, 15) is 4.79 Å². The number of hydrogen-bond donors (Lipinski definition) is 1. The first-order chi connectivity index (χ1) is 11.7. The van der Waals surface area contributed by atoms with Crippen molar-refractivity contribution < 1.29 is 14.3 Å². The highest BCUT2D eigenvalue weighted by Crippen LogP contribution is 2.29. The molecule has 0 unspecified atom stereocenters. The van der Waals surface area contributed by atoms with Crippen LogP contribution in [0.2, 0.25) is 0 Å². The zero-order valence-corrected chi connectivity index (χ0v) is 14.1. The molecule has 0 aliphatic heterocycles. The topological polar surface area (TPSA) is 47.6 Å². The van der Waals surface area contributed by atoms with Gasteiger partial charge in [-0.25, -0.2) is 0 Å². The average Bonchev–Trinajstić information content (AvgIpc) is 2.62. The van der Waals surface area contributed by atoms with Gasteiger partial charge in [0.05, 0.1) is 20.3 Å². The number of carbonyl (C=O) groups is 1. The summed E-state index contributed by atoms with van der Waals surface area (Å²) in [5.74, 6) is 6.21. The summed E-state index contributed by atoms with van der Waals surface area (Å²) in [7, 11) is 3.21. The Kier molecular flexibility index (Phi) is 6.27. The molecule has 2 rings (SSSR count). The fraction of sp³-hybridized carbons (Fsp3) is 0.250. The quantitative estimate of drug-likeness (QED) is 0.831. The summed E-state index contributed by atoms with van der Waals surface area (Å²) in [6.07, 6.45) is 0.626. The molecule has 24 heavy (non-hydrogen) atoms. The Bertz CT molecular complexity index is 744. The van der Waals surface area contributed by atoms with Crippen molar-refractivity contribution in [2.45, 2.75) is 19.4 Å². The third-order valence-electron chi connectivity index (χ3n) is 3.63. The van der Waals surface area contributed by atoms with Crippen LogP contribution in [-0.2, 0) is 11.2 Å². The van der Waals surface area contributed by atoms with Gasteiger partial charge in [-0.05, 0) is 42.5 Å². The second kappa shape index (κ2) is 8.64. The Hall–Kier alpha value is -2.93. The third kappa shape index (κ3) is 4.53. The molecular formula is C20H21NO3. The fourth-order valence-corrected chi connectivity index (χ4v) is 2.49. The number of hydrogen-bond acceptors (Lipinski definition) is 3. The van der Waals surface area contributed by atoms with Crippen LogP contribution in [0.5, 0.6) is 11.5 Å². The van der Waals surface area contributed by atoms with E-state index in [-0.39, 0.29) is 11.9 Å². The smallest absolute Gasteiger partial charge is 0.296 e. The molecule has 0 aromatic heterocycles.